The molecule has 0 bridgehead atoms. The lowest BCUT2D eigenvalue weighted by molar-refractivity contribution is 0.0445. The van der Waals surface area contributed by atoms with Crippen molar-refractivity contribution in [1.29, 1.82) is 0 Å². The zero-order valence-corrected chi connectivity index (χ0v) is 22.1. The normalized spacial score (nSPS) is 15.5. The number of carbonyl (C=O) groups is 4. The number of ether oxygens (including phenoxy) is 2. The maximum atomic E-state index is 12.9. The zero-order chi connectivity index (χ0) is 26.6. The fourth-order valence-corrected chi connectivity index (χ4v) is 3.72. The number of imide groups is 1. The Labute approximate surface area is 207 Å². The first-order chi connectivity index (χ1) is 16.1. The standard InChI is InChI=1S/C26H39N3O6/c1-16(2)20(28-24(33)35-26(6,7)8)14-13-17(27-23(32)34-25(3,4)5)15-29-21(30)18-11-9-10-12-19(18)22(29)31/h9-12,16-17,20H,13-15H2,1-8H3,(H,27,32)(H,28,33)/t17-,20?/m0/s1. The van der Waals surface area contributed by atoms with Crippen LogP contribution in [-0.4, -0.2) is 58.7 Å². The van der Waals surface area contributed by atoms with E-state index in [9.17, 15) is 19.2 Å². The Kier molecular flexibility index (Phi) is 8.92. The summed E-state index contributed by atoms with van der Waals surface area (Å²) in [6.45, 7) is 14.6. The molecule has 1 heterocycles. The second kappa shape index (κ2) is 11.1. The smallest absolute Gasteiger partial charge is 0.407 e. The molecule has 1 aliphatic rings. The highest BCUT2D eigenvalue weighted by Crippen LogP contribution is 2.23. The second-order valence-corrected chi connectivity index (χ2v) is 11.2. The van der Waals surface area contributed by atoms with E-state index in [-0.39, 0.29) is 18.5 Å². The van der Waals surface area contributed by atoms with Crippen LogP contribution in [0.25, 0.3) is 0 Å². The number of hydrogen-bond acceptors (Lipinski definition) is 6. The predicted octanol–water partition coefficient (Wildman–Crippen LogP) is 4.51. The minimum Gasteiger partial charge on any atom is -0.444 e. The SMILES string of the molecule is CC(C)C(CC[C@@H](CN1C(=O)c2ccccc2C1=O)NC(=O)OC(C)(C)C)NC(=O)OC(C)(C)C. The Morgan fingerprint density at radius 1 is 0.829 bits per heavy atom. The topological polar surface area (TPSA) is 114 Å². The summed E-state index contributed by atoms with van der Waals surface area (Å²) in [6, 6.07) is 5.83. The van der Waals surface area contributed by atoms with Gasteiger partial charge >= 0.3 is 12.2 Å². The third-order valence-corrected chi connectivity index (χ3v) is 5.34. The number of rotatable bonds is 8. The number of nitrogens with zero attached hydrogens (tertiary/aromatic N) is 1. The van der Waals surface area contributed by atoms with Crippen molar-refractivity contribution in [2.45, 2.75) is 91.5 Å². The molecule has 2 N–H and O–H groups in total. The van der Waals surface area contributed by atoms with Crippen molar-refractivity contribution in [3.63, 3.8) is 0 Å². The summed E-state index contributed by atoms with van der Waals surface area (Å²) in [6.07, 6.45) is -0.278. The van der Waals surface area contributed by atoms with Crippen molar-refractivity contribution in [3.05, 3.63) is 35.4 Å². The maximum absolute atomic E-state index is 12.9. The van der Waals surface area contributed by atoms with Crippen LogP contribution >= 0.6 is 0 Å². The van der Waals surface area contributed by atoms with Gasteiger partial charge in [0, 0.05) is 12.6 Å². The molecule has 9 heteroatoms. The Bertz CT molecular complexity index is 910. The highest BCUT2D eigenvalue weighted by atomic mass is 16.6. The molecule has 0 aromatic heterocycles. The first-order valence-corrected chi connectivity index (χ1v) is 12.0. The molecule has 1 aliphatic heterocycles. The lowest BCUT2D eigenvalue weighted by Gasteiger charge is -2.29. The van der Waals surface area contributed by atoms with Crippen LogP contribution in [0, 0.1) is 5.92 Å². The average molecular weight is 490 g/mol. The van der Waals surface area contributed by atoms with E-state index in [1.807, 2.05) is 13.8 Å². The van der Waals surface area contributed by atoms with Crippen LogP contribution in [0.15, 0.2) is 24.3 Å². The molecule has 35 heavy (non-hydrogen) atoms. The number of alkyl carbamates (subject to hydrolysis) is 2. The molecule has 0 spiro atoms. The van der Waals surface area contributed by atoms with E-state index in [0.717, 1.165) is 4.90 Å². The first-order valence-electron chi connectivity index (χ1n) is 12.0. The Hall–Kier alpha value is -3.10. The van der Waals surface area contributed by atoms with E-state index in [2.05, 4.69) is 10.6 Å². The minimum atomic E-state index is -0.705. The summed E-state index contributed by atoms with van der Waals surface area (Å²) < 4.78 is 10.8. The number of amides is 4. The average Bonchev–Trinajstić information content (AvgIpc) is 2.93. The summed E-state index contributed by atoms with van der Waals surface area (Å²) in [5, 5.41) is 5.70. The summed E-state index contributed by atoms with van der Waals surface area (Å²) in [4.78, 5) is 51.7. The van der Waals surface area contributed by atoms with E-state index >= 15 is 0 Å². The highest BCUT2D eigenvalue weighted by Gasteiger charge is 2.37. The van der Waals surface area contributed by atoms with Crippen LogP contribution in [0.4, 0.5) is 9.59 Å². The number of carbonyl (C=O) groups excluding carboxylic acids is 4. The number of nitrogens with one attached hydrogen (secondary N) is 2. The van der Waals surface area contributed by atoms with Crippen LogP contribution < -0.4 is 10.6 Å². The van der Waals surface area contributed by atoms with E-state index in [1.165, 1.54) is 0 Å². The maximum Gasteiger partial charge on any atom is 0.407 e. The van der Waals surface area contributed by atoms with Crippen LogP contribution in [0.2, 0.25) is 0 Å². The third kappa shape index (κ3) is 8.56. The second-order valence-electron chi connectivity index (χ2n) is 11.2. The van der Waals surface area contributed by atoms with Crippen molar-refractivity contribution < 1.29 is 28.7 Å². The van der Waals surface area contributed by atoms with Crippen LogP contribution in [0.3, 0.4) is 0 Å². The Morgan fingerprint density at radius 2 is 1.29 bits per heavy atom. The van der Waals surface area contributed by atoms with Gasteiger partial charge in [-0.3, -0.25) is 14.5 Å². The van der Waals surface area contributed by atoms with Gasteiger partial charge in [-0.1, -0.05) is 26.0 Å². The van der Waals surface area contributed by atoms with Gasteiger partial charge in [-0.05, 0) is 72.4 Å². The van der Waals surface area contributed by atoms with Crippen molar-refractivity contribution in [1.82, 2.24) is 15.5 Å². The highest BCUT2D eigenvalue weighted by molar-refractivity contribution is 6.21. The van der Waals surface area contributed by atoms with Gasteiger partial charge in [0.05, 0.1) is 17.2 Å². The van der Waals surface area contributed by atoms with Gasteiger partial charge in [-0.25, -0.2) is 9.59 Å². The van der Waals surface area contributed by atoms with Crippen molar-refractivity contribution in [2.75, 3.05) is 6.54 Å². The van der Waals surface area contributed by atoms with Gasteiger partial charge in [-0.2, -0.15) is 0 Å². The first kappa shape index (κ1) is 28.1. The van der Waals surface area contributed by atoms with Gasteiger partial charge < -0.3 is 20.1 Å². The van der Waals surface area contributed by atoms with Crippen molar-refractivity contribution in [3.8, 4) is 0 Å². The van der Waals surface area contributed by atoms with Gasteiger partial charge in [0.2, 0.25) is 0 Å². The molecule has 1 aromatic rings. The summed E-state index contributed by atoms with van der Waals surface area (Å²) in [7, 11) is 0. The fourth-order valence-electron chi connectivity index (χ4n) is 3.72. The van der Waals surface area contributed by atoms with E-state index < -0.39 is 41.2 Å². The molecule has 0 aliphatic carbocycles. The van der Waals surface area contributed by atoms with E-state index in [1.54, 1.807) is 65.8 Å². The summed E-state index contributed by atoms with van der Waals surface area (Å²) in [5.41, 5.74) is -0.638. The summed E-state index contributed by atoms with van der Waals surface area (Å²) in [5.74, 6) is -0.702. The molecule has 1 aromatic carbocycles. The third-order valence-electron chi connectivity index (χ3n) is 5.34. The Morgan fingerprint density at radius 3 is 1.71 bits per heavy atom. The van der Waals surface area contributed by atoms with Gasteiger partial charge in [-0.15, -0.1) is 0 Å². The fraction of sp³-hybridized carbons (Fsp3) is 0.615. The Balaban J connectivity index is 2.15. The van der Waals surface area contributed by atoms with Gasteiger partial charge in [0.25, 0.3) is 11.8 Å². The molecule has 4 amide bonds. The number of benzene rings is 1. The lowest BCUT2D eigenvalue weighted by atomic mass is 9.96. The molecule has 0 fully saturated rings. The number of hydrogen-bond donors (Lipinski definition) is 2. The molecule has 1 unspecified atom stereocenters. The van der Waals surface area contributed by atoms with E-state index in [4.69, 9.17) is 9.47 Å². The monoisotopic (exact) mass is 489 g/mol. The van der Waals surface area contributed by atoms with Gasteiger partial charge in [0.15, 0.2) is 0 Å². The zero-order valence-electron chi connectivity index (χ0n) is 22.1. The molecule has 194 valence electrons. The van der Waals surface area contributed by atoms with Crippen molar-refractivity contribution >= 4 is 24.0 Å². The van der Waals surface area contributed by atoms with E-state index in [0.29, 0.717) is 24.0 Å². The van der Waals surface area contributed by atoms with Crippen LogP contribution in [-0.2, 0) is 9.47 Å². The lowest BCUT2D eigenvalue weighted by Crippen LogP contribution is -2.48. The molecular weight excluding hydrogens is 450 g/mol. The van der Waals surface area contributed by atoms with Crippen LogP contribution in [0.1, 0.15) is 88.9 Å². The largest absolute Gasteiger partial charge is 0.444 e. The number of fused-ring (bicyclic) bond motifs is 1. The molecule has 2 rings (SSSR count). The molecular formula is C26H39N3O6. The quantitative estimate of drug-likeness (QED) is 0.520. The molecule has 0 radical (unpaired) electrons. The predicted molar refractivity (Wildman–Crippen MR) is 132 cm³/mol. The molecule has 2 atom stereocenters. The molecule has 0 saturated heterocycles. The van der Waals surface area contributed by atoms with Gasteiger partial charge in [0.1, 0.15) is 11.2 Å². The van der Waals surface area contributed by atoms with Crippen LogP contribution in [0.5, 0.6) is 0 Å². The van der Waals surface area contributed by atoms with Crippen molar-refractivity contribution in [2.24, 2.45) is 5.92 Å². The molecule has 0 saturated carbocycles. The summed E-state index contributed by atoms with van der Waals surface area (Å²) >= 11 is 0. The minimum absolute atomic E-state index is 0.0111. The molecule has 9 nitrogen and oxygen atoms in total.